The largest absolute Gasteiger partial charge is 0.354 e. The van der Waals surface area contributed by atoms with Crippen molar-refractivity contribution in [3.05, 3.63) is 42.2 Å². The van der Waals surface area contributed by atoms with Gasteiger partial charge in [0.25, 0.3) is 0 Å². The van der Waals surface area contributed by atoms with E-state index in [0.717, 1.165) is 67.5 Å². The van der Waals surface area contributed by atoms with Crippen LogP contribution in [-0.2, 0) is 6.54 Å². The van der Waals surface area contributed by atoms with Crippen LogP contribution < -0.4 is 4.90 Å². The summed E-state index contributed by atoms with van der Waals surface area (Å²) in [6, 6.07) is 10.7. The Balaban J connectivity index is 1.78. The smallest absolute Gasteiger partial charge is 0.162 e. The van der Waals surface area contributed by atoms with Crippen LogP contribution in [0.3, 0.4) is 0 Å². The minimum Gasteiger partial charge on any atom is -0.354 e. The normalized spacial score (nSPS) is 15.7. The summed E-state index contributed by atoms with van der Waals surface area (Å²) in [5.74, 6) is 1.53. The van der Waals surface area contributed by atoms with Crippen molar-refractivity contribution in [2.75, 3.05) is 38.1 Å². The molecule has 3 aromatic rings. The van der Waals surface area contributed by atoms with Gasteiger partial charge in [-0.2, -0.15) is 0 Å². The van der Waals surface area contributed by atoms with E-state index in [9.17, 15) is 4.39 Å². The van der Waals surface area contributed by atoms with Crippen molar-refractivity contribution in [2.24, 2.45) is 0 Å². The van der Waals surface area contributed by atoms with Crippen molar-refractivity contribution in [3.63, 3.8) is 0 Å². The van der Waals surface area contributed by atoms with Gasteiger partial charge in [-0.3, -0.25) is 0 Å². The number of fused-ring (bicyclic) bond motifs is 1. The van der Waals surface area contributed by atoms with Gasteiger partial charge in [-0.15, -0.1) is 0 Å². The topological polar surface area (TPSA) is 37.2 Å². The Kier molecular flexibility index (Phi) is 4.59. The fourth-order valence-corrected chi connectivity index (χ4v) is 3.49. The van der Waals surface area contributed by atoms with Gasteiger partial charge in [-0.25, -0.2) is 14.4 Å². The van der Waals surface area contributed by atoms with Gasteiger partial charge in [0, 0.05) is 38.3 Å². The number of imidazole rings is 1. The second kappa shape index (κ2) is 7.03. The predicted molar refractivity (Wildman–Crippen MR) is 103 cm³/mol. The summed E-state index contributed by atoms with van der Waals surface area (Å²) in [6.07, 6.45) is 0.966. The quantitative estimate of drug-likeness (QED) is 0.720. The summed E-state index contributed by atoms with van der Waals surface area (Å²) in [6.45, 7) is 6.99. The summed E-state index contributed by atoms with van der Waals surface area (Å²) in [5.41, 5.74) is 2.52. The number of aryl methyl sites for hydroxylation is 1. The summed E-state index contributed by atoms with van der Waals surface area (Å²) in [4.78, 5) is 14.3. The number of hydrogen-bond donors (Lipinski definition) is 0. The molecule has 0 amide bonds. The van der Waals surface area contributed by atoms with Crippen molar-refractivity contribution in [3.8, 4) is 11.4 Å². The van der Waals surface area contributed by atoms with Crippen LogP contribution in [0.5, 0.6) is 0 Å². The summed E-state index contributed by atoms with van der Waals surface area (Å²) >= 11 is 0. The fraction of sp³-hybridized carbons (Fsp3) is 0.400. The third-order valence-electron chi connectivity index (χ3n) is 4.93. The Hall–Kier alpha value is -2.47. The van der Waals surface area contributed by atoms with Crippen LogP contribution in [0, 0.1) is 5.82 Å². The van der Waals surface area contributed by atoms with Gasteiger partial charge in [0.05, 0.1) is 0 Å². The monoisotopic (exact) mass is 353 g/mol. The van der Waals surface area contributed by atoms with Gasteiger partial charge < -0.3 is 14.4 Å². The Morgan fingerprint density at radius 2 is 1.85 bits per heavy atom. The number of aromatic nitrogens is 3. The van der Waals surface area contributed by atoms with E-state index in [0.29, 0.717) is 0 Å². The van der Waals surface area contributed by atoms with Gasteiger partial charge in [-0.1, -0.05) is 19.1 Å². The van der Waals surface area contributed by atoms with Crippen molar-refractivity contribution >= 4 is 17.0 Å². The molecule has 6 heteroatoms. The number of halogens is 1. The van der Waals surface area contributed by atoms with E-state index in [-0.39, 0.29) is 5.82 Å². The zero-order valence-electron chi connectivity index (χ0n) is 15.3. The Morgan fingerprint density at radius 3 is 2.58 bits per heavy atom. The van der Waals surface area contributed by atoms with E-state index in [1.165, 1.54) is 12.1 Å². The molecule has 1 aliphatic rings. The molecule has 136 valence electrons. The molecule has 1 saturated heterocycles. The molecule has 1 fully saturated rings. The second-order valence-corrected chi connectivity index (χ2v) is 6.90. The number of rotatable bonds is 4. The second-order valence-electron chi connectivity index (χ2n) is 6.90. The fourth-order valence-electron chi connectivity index (χ4n) is 3.49. The van der Waals surface area contributed by atoms with Gasteiger partial charge in [-0.05, 0) is 37.7 Å². The van der Waals surface area contributed by atoms with Gasteiger partial charge >= 0.3 is 0 Å². The molecule has 0 saturated carbocycles. The molecule has 0 aliphatic carbocycles. The highest BCUT2D eigenvalue weighted by Gasteiger charge is 2.18. The van der Waals surface area contributed by atoms with Crippen molar-refractivity contribution in [2.45, 2.75) is 19.9 Å². The third-order valence-corrected chi connectivity index (χ3v) is 4.93. The van der Waals surface area contributed by atoms with Crippen LogP contribution in [0.25, 0.3) is 22.6 Å². The number of likely N-dealkylation sites (N-methyl/N-ethyl adjacent to an activating group) is 1. The molecule has 4 rings (SSSR count). The maximum absolute atomic E-state index is 13.7. The first-order valence-corrected chi connectivity index (χ1v) is 9.22. The summed E-state index contributed by atoms with van der Waals surface area (Å²) in [5, 5.41) is 0. The van der Waals surface area contributed by atoms with Gasteiger partial charge in [0.2, 0.25) is 0 Å². The molecule has 0 atom stereocenters. The highest BCUT2D eigenvalue weighted by Crippen LogP contribution is 2.27. The summed E-state index contributed by atoms with van der Waals surface area (Å²) < 4.78 is 15.8. The average Bonchev–Trinajstić information content (AvgIpc) is 3.01. The van der Waals surface area contributed by atoms with Crippen LogP contribution in [0.4, 0.5) is 10.2 Å². The first-order valence-electron chi connectivity index (χ1n) is 9.22. The minimum atomic E-state index is -0.247. The van der Waals surface area contributed by atoms with E-state index in [1.807, 2.05) is 18.2 Å². The van der Waals surface area contributed by atoms with Crippen LogP contribution in [0.2, 0.25) is 0 Å². The lowest BCUT2D eigenvalue weighted by molar-refractivity contribution is 0.312. The van der Waals surface area contributed by atoms with Crippen molar-refractivity contribution in [1.29, 1.82) is 0 Å². The van der Waals surface area contributed by atoms with Crippen LogP contribution >= 0.6 is 0 Å². The van der Waals surface area contributed by atoms with Crippen molar-refractivity contribution < 1.29 is 4.39 Å². The molecule has 0 N–H and O–H groups in total. The lowest BCUT2D eigenvalue weighted by atomic mass is 10.2. The lowest BCUT2D eigenvalue weighted by Gasteiger charge is -2.33. The van der Waals surface area contributed by atoms with E-state index in [1.54, 1.807) is 6.07 Å². The van der Waals surface area contributed by atoms with E-state index in [4.69, 9.17) is 9.97 Å². The Bertz CT molecular complexity index is 912. The molecule has 1 aliphatic heterocycles. The maximum Gasteiger partial charge on any atom is 0.162 e. The number of benzene rings is 1. The molecule has 5 nitrogen and oxygen atoms in total. The molecule has 26 heavy (non-hydrogen) atoms. The van der Waals surface area contributed by atoms with Crippen LogP contribution in [-0.4, -0.2) is 52.7 Å². The molecule has 0 bridgehead atoms. The van der Waals surface area contributed by atoms with Crippen LogP contribution in [0.15, 0.2) is 36.4 Å². The van der Waals surface area contributed by atoms with Gasteiger partial charge in [0.15, 0.2) is 5.65 Å². The highest BCUT2D eigenvalue weighted by molar-refractivity contribution is 5.79. The third kappa shape index (κ3) is 3.17. The number of anilines is 1. The van der Waals surface area contributed by atoms with E-state index >= 15 is 0 Å². The first-order chi connectivity index (χ1) is 12.7. The predicted octanol–water partition coefficient (Wildman–Crippen LogP) is 3.40. The number of pyridine rings is 1. The molecular weight excluding hydrogens is 329 g/mol. The molecule has 1 aromatic carbocycles. The molecular formula is C20H24FN5. The van der Waals surface area contributed by atoms with E-state index in [2.05, 4.69) is 28.3 Å². The highest BCUT2D eigenvalue weighted by atomic mass is 19.1. The maximum atomic E-state index is 13.7. The number of hydrogen-bond acceptors (Lipinski definition) is 4. The van der Waals surface area contributed by atoms with Gasteiger partial charge in [0.1, 0.15) is 23.0 Å². The van der Waals surface area contributed by atoms with Crippen LogP contribution in [0.1, 0.15) is 13.3 Å². The zero-order chi connectivity index (χ0) is 18.1. The summed E-state index contributed by atoms with van der Waals surface area (Å²) in [7, 11) is 2.15. The molecule has 2 aromatic heterocycles. The standard InChI is InChI=1S/C20H24FN5/c1-3-9-26-19(15-5-4-6-16(21)14-15)22-17-7-8-18(23-20(17)26)25-12-10-24(2)11-13-25/h4-8,14H,3,9-13H2,1-2H3. The molecule has 0 spiro atoms. The Labute approximate surface area is 153 Å². The zero-order valence-corrected chi connectivity index (χ0v) is 15.3. The Morgan fingerprint density at radius 1 is 1.04 bits per heavy atom. The lowest BCUT2D eigenvalue weighted by Crippen LogP contribution is -2.44. The van der Waals surface area contributed by atoms with E-state index < -0.39 is 0 Å². The minimum absolute atomic E-state index is 0.247. The molecule has 0 unspecified atom stereocenters. The number of nitrogens with zero attached hydrogens (tertiary/aromatic N) is 5. The first kappa shape index (κ1) is 17.0. The molecule has 0 radical (unpaired) electrons. The van der Waals surface area contributed by atoms with Crippen molar-refractivity contribution in [1.82, 2.24) is 19.4 Å². The molecule has 3 heterocycles. The number of piperazine rings is 1. The average molecular weight is 353 g/mol. The SMILES string of the molecule is CCCn1c(-c2cccc(F)c2)nc2ccc(N3CCN(C)CC3)nc21.